The van der Waals surface area contributed by atoms with E-state index in [0.717, 1.165) is 28.6 Å². The van der Waals surface area contributed by atoms with Crippen molar-refractivity contribution >= 4 is 16.5 Å². The summed E-state index contributed by atoms with van der Waals surface area (Å²) in [6.45, 7) is 2.88. The van der Waals surface area contributed by atoms with Gasteiger partial charge in [-0.25, -0.2) is 4.98 Å². The number of anilines is 1. The molecular weight excluding hydrogens is 270 g/mol. The Bertz CT molecular complexity index is 568. The van der Waals surface area contributed by atoms with Crippen LogP contribution in [-0.4, -0.2) is 25.7 Å². The summed E-state index contributed by atoms with van der Waals surface area (Å²) in [5.41, 5.74) is 7.80. The Labute approximate surface area is 124 Å². The Morgan fingerprint density at radius 2 is 2.25 bits per heavy atom. The molecule has 0 spiro atoms. The van der Waals surface area contributed by atoms with Crippen LogP contribution in [0, 0.1) is 0 Å². The van der Waals surface area contributed by atoms with Crippen molar-refractivity contribution in [1.29, 1.82) is 0 Å². The second-order valence-corrected chi connectivity index (χ2v) is 5.72. The standard InChI is InChI=1S/C15H21N3OS/c1-10(7-8-16)14-13(18-15(17-2)20-14)11-5-4-6-12(9-11)19-3/h4-6,9-10H,7-8,16H2,1-3H3,(H,17,18). The van der Waals surface area contributed by atoms with Crippen LogP contribution in [0.3, 0.4) is 0 Å². The fraction of sp³-hybridized carbons (Fsp3) is 0.400. The smallest absolute Gasteiger partial charge is 0.183 e. The molecule has 2 aromatic rings. The number of nitrogens with zero attached hydrogens (tertiary/aromatic N) is 1. The normalized spacial score (nSPS) is 12.2. The van der Waals surface area contributed by atoms with Crippen LogP contribution >= 0.6 is 11.3 Å². The predicted octanol–water partition coefficient (Wildman–Crippen LogP) is 3.31. The van der Waals surface area contributed by atoms with Gasteiger partial charge in [-0.1, -0.05) is 19.1 Å². The highest BCUT2D eigenvalue weighted by atomic mass is 32.1. The van der Waals surface area contributed by atoms with Gasteiger partial charge in [0.2, 0.25) is 0 Å². The van der Waals surface area contributed by atoms with Crippen molar-refractivity contribution in [1.82, 2.24) is 4.98 Å². The summed E-state index contributed by atoms with van der Waals surface area (Å²) in [5, 5.41) is 4.06. The van der Waals surface area contributed by atoms with Gasteiger partial charge in [0.25, 0.3) is 0 Å². The zero-order chi connectivity index (χ0) is 14.5. The van der Waals surface area contributed by atoms with Crippen LogP contribution in [0.1, 0.15) is 24.1 Å². The molecular formula is C15H21N3OS. The molecule has 0 bridgehead atoms. The highest BCUT2D eigenvalue weighted by molar-refractivity contribution is 7.16. The third kappa shape index (κ3) is 3.11. The number of rotatable bonds is 6. The molecule has 20 heavy (non-hydrogen) atoms. The molecule has 0 saturated carbocycles. The number of hydrogen-bond acceptors (Lipinski definition) is 5. The minimum Gasteiger partial charge on any atom is -0.497 e. The maximum absolute atomic E-state index is 5.69. The molecule has 0 amide bonds. The first kappa shape index (κ1) is 14.8. The molecule has 1 heterocycles. The van der Waals surface area contributed by atoms with Crippen molar-refractivity contribution < 1.29 is 4.74 Å². The van der Waals surface area contributed by atoms with Gasteiger partial charge in [0, 0.05) is 17.5 Å². The van der Waals surface area contributed by atoms with Crippen molar-refractivity contribution in [3.05, 3.63) is 29.1 Å². The molecule has 1 aromatic carbocycles. The van der Waals surface area contributed by atoms with Crippen LogP contribution in [0.2, 0.25) is 0 Å². The lowest BCUT2D eigenvalue weighted by Crippen LogP contribution is -2.04. The minimum absolute atomic E-state index is 0.404. The zero-order valence-corrected chi connectivity index (χ0v) is 13.0. The number of methoxy groups -OCH3 is 1. The van der Waals surface area contributed by atoms with Gasteiger partial charge in [-0.2, -0.15) is 0 Å². The van der Waals surface area contributed by atoms with E-state index in [1.54, 1.807) is 18.4 Å². The maximum atomic E-state index is 5.69. The third-order valence-electron chi connectivity index (χ3n) is 3.26. The topological polar surface area (TPSA) is 60.2 Å². The van der Waals surface area contributed by atoms with Crippen molar-refractivity contribution in [2.24, 2.45) is 5.73 Å². The fourth-order valence-electron chi connectivity index (χ4n) is 2.13. The first-order valence-electron chi connectivity index (χ1n) is 6.72. The molecule has 0 aliphatic carbocycles. The Hall–Kier alpha value is -1.59. The van der Waals surface area contributed by atoms with Gasteiger partial charge >= 0.3 is 0 Å². The number of nitrogens with two attached hydrogens (primary N) is 1. The summed E-state index contributed by atoms with van der Waals surface area (Å²) < 4.78 is 5.30. The number of thiazole rings is 1. The van der Waals surface area contributed by atoms with E-state index in [0.29, 0.717) is 12.5 Å². The van der Waals surface area contributed by atoms with Crippen LogP contribution < -0.4 is 15.8 Å². The van der Waals surface area contributed by atoms with E-state index in [-0.39, 0.29) is 0 Å². The monoisotopic (exact) mass is 291 g/mol. The van der Waals surface area contributed by atoms with E-state index in [9.17, 15) is 0 Å². The second-order valence-electron chi connectivity index (χ2n) is 4.69. The lowest BCUT2D eigenvalue weighted by atomic mass is 10.0. The molecule has 4 nitrogen and oxygen atoms in total. The third-order valence-corrected chi connectivity index (χ3v) is 4.56. The molecule has 2 rings (SSSR count). The Kier molecular flexibility index (Phi) is 4.98. The lowest BCUT2D eigenvalue weighted by Gasteiger charge is -2.10. The van der Waals surface area contributed by atoms with Gasteiger partial charge in [0.15, 0.2) is 5.13 Å². The molecule has 0 radical (unpaired) electrons. The van der Waals surface area contributed by atoms with Gasteiger partial charge in [-0.05, 0) is 31.0 Å². The molecule has 0 saturated heterocycles. The first-order chi connectivity index (χ1) is 9.69. The molecule has 0 fully saturated rings. The number of hydrogen-bond donors (Lipinski definition) is 2. The van der Waals surface area contributed by atoms with Gasteiger partial charge < -0.3 is 15.8 Å². The van der Waals surface area contributed by atoms with Gasteiger partial charge in [-0.15, -0.1) is 11.3 Å². The molecule has 0 aliphatic heterocycles. The van der Waals surface area contributed by atoms with Crippen molar-refractivity contribution in [3.8, 4) is 17.0 Å². The SMILES string of the molecule is CNc1nc(-c2cccc(OC)c2)c(C(C)CCN)s1. The number of benzene rings is 1. The Morgan fingerprint density at radius 1 is 1.45 bits per heavy atom. The van der Waals surface area contributed by atoms with Gasteiger partial charge in [0.05, 0.1) is 12.8 Å². The van der Waals surface area contributed by atoms with E-state index in [1.165, 1.54) is 4.88 Å². The maximum Gasteiger partial charge on any atom is 0.183 e. The lowest BCUT2D eigenvalue weighted by molar-refractivity contribution is 0.415. The number of aromatic nitrogens is 1. The first-order valence-corrected chi connectivity index (χ1v) is 7.54. The molecule has 0 aliphatic rings. The summed E-state index contributed by atoms with van der Waals surface area (Å²) in [5.74, 6) is 1.25. The second kappa shape index (κ2) is 6.72. The summed E-state index contributed by atoms with van der Waals surface area (Å²) in [4.78, 5) is 5.96. The van der Waals surface area contributed by atoms with Gasteiger partial charge in [0.1, 0.15) is 5.75 Å². The number of nitrogens with one attached hydrogen (secondary N) is 1. The van der Waals surface area contributed by atoms with Crippen molar-refractivity contribution in [2.45, 2.75) is 19.3 Å². The van der Waals surface area contributed by atoms with Crippen LogP contribution in [0.5, 0.6) is 5.75 Å². The van der Waals surface area contributed by atoms with E-state index in [4.69, 9.17) is 10.5 Å². The van der Waals surface area contributed by atoms with Crippen LogP contribution in [0.15, 0.2) is 24.3 Å². The summed E-state index contributed by atoms with van der Waals surface area (Å²) in [7, 11) is 3.57. The molecule has 3 N–H and O–H groups in total. The minimum atomic E-state index is 0.404. The van der Waals surface area contributed by atoms with E-state index >= 15 is 0 Å². The van der Waals surface area contributed by atoms with Crippen LogP contribution in [0.25, 0.3) is 11.3 Å². The van der Waals surface area contributed by atoms with Crippen molar-refractivity contribution in [2.75, 3.05) is 26.0 Å². The van der Waals surface area contributed by atoms with Crippen LogP contribution in [0.4, 0.5) is 5.13 Å². The number of ether oxygens (including phenoxy) is 1. The Morgan fingerprint density at radius 3 is 2.90 bits per heavy atom. The summed E-state index contributed by atoms with van der Waals surface area (Å²) in [6, 6.07) is 8.02. The average Bonchev–Trinajstić information content (AvgIpc) is 2.92. The molecule has 1 unspecified atom stereocenters. The van der Waals surface area contributed by atoms with Gasteiger partial charge in [-0.3, -0.25) is 0 Å². The quantitative estimate of drug-likeness (QED) is 0.857. The fourth-order valence-corrected chi connectivity index (χ4v) is 3.16. The highest BCUT2D eigenvalue weighted by Gasteiger charge is 2.18. The van der Waals surface area contributed by atoms with E-state index < -0.39 is 0 Å². The van der Waals surface area contributed by atoms with E-state index in [2.05, 4.69) is 23.3 Å². The largest absolute Gasteiger partial charge is 0.497 e. The molecule has 5 heteroatoms. The average molecular weight is 291 g/mol. The van der Waals surface area contributed by atoms with Crippen molar-refractivity contribution in [3.63, 3.8) is 0 Å². The molecule has 1 aromatic heterocycles. The van der Waals surface area contributed by atoms with Crippen LogP contribution in [-0.2, 0) is 0 Å². The van der Waals surface area contributed by atoms with E-state index in [1.807, 2.05) is 25.2 Å². The molecule has 108 valence electrons. The summed E-state index contributed by atoms with van der Waals surface area (Å²) >= 11 is 1.70. The highest BCUT2D eigenvalue weighted by Crippen LogP contribution is 2.38. The molecule has 1 atom stereocenters. The summed E-state index contributed by atoms with van der Waals surface area (Å²) in [6.07, 6.45) is 0.961. The zero-order valence-electron chi connectivity index (χ0n) is 12.1. The Balaban J connectivity index is 2.45. The predicted molar refractivity (Wildman–Crippen MR) is 85.7 cm³/mol.